The maximum atomic E-state index is 5.52. The molecule has 1 saturated heterocycles. The van der Waals surface area contributed by atoms with Gasteiger partial charge in [0.15, 0.2) is 11.5 Å². The molecule has 3 rings (SSSR count). The van der Waals surface area contributed by atoms with E-state index in [0.29, 0.717) is 0 Å². The van der Waals surface area contributed by atoms with Gasteiger partial charge in [0.2, 0.25) is 0 Å². The van der Waals surface area contributed by atoms with Gasteiger partial charge in [0.1, 0.15) is 5.52 Å². The summed E-state index contributed by atoms with van der Waals surface area (Å²) in [6.45, 7) is 5.67. The predicted molar refractivity (Wildman–Crippen MR) is 56.9 cm³/mol. The van der Waals surface area contributed by atoms with Gasteiger partial charge in [0.25, 0.3) is 0 Å². The second-order valence-corrected chi connectivity index (χ2v) is 4.47. The van der Waals surface area contributed by atoms with Crippen molar-refractivity contribution in [1.29, 1.82) is 0 Å². The monoisotopic (exact) mass is 203 g/mol. The van der Waals surface area contributed by atoms with Gasteiger partial charge in [-0.05, 0) is 17.7 Å². The molecular weight excluding hydrogens is 190 g/mol. The van der Waals surface area contributed by atoms with Crippen LogP contribution in [0.25, 0.3) is 11.1 Å². The Bertz CT molecular complexity index is 511. The smallest absolute Gasteiger partial charge is 0.192 e. The number of oxazole rings is 1. The van der Waals surface area contributed by atoms with E-state index < -0.39 is 0 Å². The van der Waals surface area contributed by atoms with Crippen LogP contribution in [0.1, 0.15) is 18.4 Å². The summed E-state index contributed by atoms with van der Waals surface area (Å²) in [5, 5.41) is 0. The summed E-state index contributed by atoms with van der Waals surface area (Å²) in [7, 11) is 0. The first-order valence-electron chi connectivity index (χ1n) is 5.13. The van der Waals surface area contributed by atoms with Crippen LogP contribution in [0, 0.1) is 6.92 Å². The van der Waals surface area contributed by atoms with E-state index in [1.54, 1.807) is 0 Å². The number of fused-ring (bicyclic) bond motifs is 1. The highest BCUT2D eigenvalue weighted by Crippen LogP contribution is 2.33. The first kappa shape index (κ1) is 8.92. The van der Waals surface area contributed by atoms with Crippen molar-refractivity contribution < 1.29 is 9.15 Å². The van der Waals surface area contributed by atoms with E-state index in [9.17, 15) is 0 Å². The zero-order valence-electron chi connectivity index (χ0n) is 8.91. The van der Waals surface area contributed by atoms with Crippen molar-refractivity contribution in [3.05, 3.63) is 29.7 Å². The lowest BCUT2D eigenvalue weighted by Crippen LogP contribution is -2.43. The second-order valence-electron chi connectivity index (χ2n) is 4.47. The summed E-state index contributed by atoms with van der Waals surface area (Å²) in [6.07, 6.45) is 0. The summed E-state index contributed by atoms with van der Waals surface area (Å²) in [4.78, 5) is 4.28. The van der Waals surface area contributed by atoms with Crippen molar-refractivity contribution in [2.45, 2.75) is 19.3 Å². The molecule has 3 nitrogen and oxygen atoms in total. The Morgan fingerprint density at radius 3 is 2.80 bits per heavy atom. The highest BCUT2D eigenvalue weighted by atomic mass is 16.5. The van der Waals surface area contributed by atoms with Crippen LogP contribution < -0.4 is 0 Å². The average molecular weight is 203 g/mol. The van der Waals surface area contributed by atoms with Gasteiger partial charge in [-0.15, -0.1) is 0 Å². The van der Waals surface area contributed by atoms with Gasteiger partial charge in [0.05, 0.1) is 13.2 Å². The third-order valence-electron chi connectivity index (χ3n) is 3.03. The molecule has 1 aromatic carbocycles. The van der Waals surface area contributed by atoms with Crippen LogP contribution in [0.3, 0.4) is 0 Å². The molecule has 0 radical (unpaired) electrons. The molecule has 78 valence electrons. The Balaban J connectivity index is 2.13. The number of hydrogen-bond acceptors (Lipinski definition) is 3. The van der Waals surface area contributed by atoms with Gasteiger partial charge in [-0.3, -0.25) is 0 Å². The molecule has 0 atom stereocenters. The van der Waals surface area contributed by atoms with E-state index in [1.807, 2.05) is 13.0 Å². The van der Waals surface area contributed by atoms with Crippen molar-refractivity contribution in [2.75, 3.05) is 13.2 Å². The Hall–Kier alpha value is -1.35. The first-order chi connectivity index (χ1) is 7.17. The topological polar surface area (TPSA) is 35.3 Å². The molecular formula is C12H13NO2. The molecule has 1 fully saturated rings. The Labute approximate surface area is 88.1 Å². The summed E-state index contributed by atoms with van der Waals surface area (Å²) >= 11 is 0. The van der Waals surface area contributed by atoms with E-state index in [0.717, 1.165) is 30.2 Å². The Morgan fingerprint density at radius 1 is 1.33 bits per heavy atom. The molecule has 0 bridgehead atoms. The van der Waals surface area contributed by atoms with E-state index in [4.69, 9.17) is 9.15 Å². The number of nitrogens with zero attached hydrogens (tertiary/aromatic N) is 1. The molecule has 1 aliphatic heterocycles. The molecule has 0 saturated carbocycles. The molecule has 0 amide bonds. The fourth-order valence-electron chi connectivity index (χ4n) is 1.99. The molecule has 1 aliphatic rings. The van der Waals surface area contributed by atoms with Crippen molar-refractivity contribution in [3.63, 3.8) is 0 Å². The van der Waals surface area contributed by atoms with Gasteiger partial charge in [-0.25, -0.2) is 4.98 Å². The van der Waals surface area contributed by atoms with Crippen LogP contribution in [0.15, 0.2) is 22.6 Å². The molecule has 2 aromatic rings. The Morgan fingerprint density at radius 2 is 2.13 bits per heavy atom. The number of aromatic nitrogens is 1. The van der Waals surface area contributed by atoms with Gasteiger partial charge in [-0.2, -0.15) is 0 Å². The van der Waals surface area contributed by atoms with Gasteiger partial charge in [0, 0.05) is 12.3 Å². The standard InChI is InChI=1S/C12H13NO2/c1-8-13-10-4-3-9(5-11(10)15-8)12(2)6-14-7-12/h3-5H,6-7H2,1-2H3. The lowest BCUT2D eigenvalue weighted by Gasteiger charge is -2.38. The van der Waals surface area contributed by atoms with Crippen molar-refractivity contribution in [1.82, 2.24) is 4.98 Å². The third kappa shape index (κ3) is 1.27. The van der Waals surface area contributed by atoms with Crippen LogP contribution in [0.5, 0.6) is 0 Å². The molecule has 3 heteroatoms. The summed E-state index contributed by atoms with van der Waals surface area (Å²) in [5.74, 6) is 0.720. The number of aryl methyl sites for hydroxylation is 1. The zero-order valence-corrected chi connectivity index (χ0v) is 8.91. The number of hydrogen-bond donors (Lipinski definition) is 0. The minimum Gasteiger partial charge on any atom is -0.441 e. The number of ether oxygens (including phenoxy) is 1. The Kier molecular flexibility index (Phi) is 1.68. The molecule has 0 aliphatic carbocycles. The third-order valence-corrected chi connectivity index (χ3v) is 3.03. The molecule has 2 heterocycles. The van der Waals surface area contributed by atoms with Crippen molar-refractivity contribution in [3.8, 4) is 0 Å². The summed E-state index contributed by atoms with van der Waals surface area (Å²) in [6, 6.07) is 6.22. The quantitative estimate of drug-likeness (QED) is 0.714. The van der Waals surface area contributed by atoms with Crippen LogP contribution in [0.4, 0.5) is 0 Å². The fourth-order valence-corrected chi connectivity index (χ4v) is 1.99. The summed E-state index contributed by atoms with van der Waals surface area (Å²) in [5.41, 5.74) is 3.24. The minimum absolute atomic E-state index is 0.162. The molecule has 1 aromatic heterocycles. The lowest BCUT2D eigenvalue weighted by molar-refractivity contribution is -0.0499. The van der Waals surface area contributed by atoms with Gasteiger partial charge >= 0.3 is 0 Å². The molecule has 0 unspecified atom stereocenters. The molecule has 0 N–H and O–H groups in total. The van der Waals surface area contributed by atoms with Crippen LogP contribution >= 0.6 is 0 Å². The van der Waals surface area contributed by atoms with Gasteiger partial charge in [-0.1, -0.05) is 13.0 Å². The number of benzene rings is 1. The zero-order chi connectivity index (χ0) is 10.5. The minimum atomic E-state index is 0.162. The maximum Gasteiger partial charge on any atom is 0.192 e. The second kappa shape index (κ2) is 2.83. The molecule has 15 heavy (non-hydrogen) atoms. The van der Waals surface area contributed by atoms with E-state index in [1.165, 1.54) is 5.56 Å². The predicted octanol–water partition coefficient (Wildman–Crippen LogP) is 2.42. The van der Waals surface area contributed by atoms with E-state index >= 15 is 0 Å². The average Bonchev–Trinajstić information content (AvgIpc) is 2.53. The highest BCUT2D eigenvalue weighted by molar-refractivity contribution is 5.73. The maximum absolute atomic E-state index is 5.52. The lowest BCUT2D eigenvalue weighted by atomic mass is 9.81. The van der Waals surface area contributed by atoms with Crippen LogP contribution in [0.2, 0.25) is 0 Å². The highest BCUT2D eigenvalue weighted by Gasteiger charge is 2.35. The first-order valence-corrected chi connectivity index (χ1v) is 5.13. The van der Waals surface area contributed by atoms with Crippen molar-refractivity contribution >= 4 is 11.1 Å². The normalized spacial score (nSPS) is 19.1. The fraction of sp³-hybridized carbons (Fsp3) is 0.417. The van der Waals surface area contributed by atoms with Crippen LogP contribution in [-0.4, -0.2) is 18.2 Å². The molecule has 0 spiro atoms. The SMILES string of the molecule is Cc1nc2ccc(C3(C)COC3)cc2o1. The van der Waals surface area contributed by atoms with Gasteiger partial charge < -0.3 is 9.15 Å². The van der Waals surface area contributed by atoms with E-state index in [-0.39, 0.29) is 5.41 Å². The van der Waals surface area contributed by atoms with E-state index in [2.05, 4.69) is 24.0 Å². The van der Waals surface area contributed by atoms with Crippen LogP contribution in [-0.2, 0) is 10.2 Å². The number of rotatable bonds is 1. The largest absolute Gasteiger partial charge is 0.441 e. The van der Waals surface area contributed by atoms with Crippen molar-refractivity contribution in [2.24, 2.45) is 0 Å². The summed E-state index contributed by atoms with van der Waals surface area (Å²) < 4.78 is 10.8.